The molecule has 0 bridgehead atoms. The SMILES string of the molecule is C[C@H](NC(=O)[C@H]1Cc2ccccc2C(=O)O1)c1ncc(-c2ccc(Cl)c(Cl)c2)[nH]1. The summed E-state index contributed by atoms with van der Waals surface area (Å²) in [6.07, 6.45) is 1.13. The number of halogens is 2. The van der Waals surface area contributed by atoms with Crippen LogP contribution >= 0.6 is 23.2 Å². The van der Waals surface area contributed by atoms with Crippen molar-refractivity contribution in [3.8, 4) is 11.3 Å². The molecule has 0 fully saturated rings. The molecule has 8 heteroatoms. The van der Waals surface area contributed by atoms with Crippen LogP contribution in [0.4, 0.5) is 0 Å². The summed E-state index contributed by atoms with van der Waals surface area (Å²) in [5, 5.41) is 3.76. The number of aromatic nitrogens is 2. The highest BCUT2D eigenvalue weighted by Gasteiger charge is 2.32. The summed E-state index contributed by atoms with van der Waals surface area (Å²) in [5.74, 6) is -0.283. The molecule has 1 aromatic heterocycles. The quantitative estimate of drug-likeness (QED) is 0.603. The predicted molar refractivity (Wildman–Crippen MR) is 110 cm³/mol. The molecule has 0 saturated carbocycles. The Morgan fingerprint density at radius 3 is 2.83 bits per heavy atom. The Morgan fingerprint density at radius 1 is 1.24 bits per heavy atom. The normalized spacial score (nSPS) is 16.7. The lowest BCUT2D eigenvalue weighted by Crippen LogP contribution is -2.42. The maximum absolute atomic E-state index is 12.6. The highest BCUT2D eigenvalue weighted by atomic mass is 35.5. The van der Waals surface area contributed by atoms with Crippen molar-refractivity contribution in [2.24, 2.45) is 0 Å². The van der Waals surface area contributed by atoms with Crippen LogP contribution in [0.2, 0.25) is 10.0 Å². The second-order valence-electron chi connectivity index (χ2n) is 6.80. The van der Waals surface area contributed by atoms with Gasteiger partial charge in [0.05, 0.1) is 33.5 Å². The van der Waals surface area contributed by atoms with E-state index in [1.165, 1.54) is 0 Å². The summed E-state index contributed by atoms with van der Waals surface area (Å²) >= 11 is 12.0. The van der Waals surface area contributed by atoms with Gasteiger partial charge in [-0.15, -0.1) is 0 Å². The van der Waals surface area contributed by atoms with Gasteiger partial charge in [-0.05, 0) is 30.7 Å². The number of rotatable bonds is 4. The zero-order chi connectivity index (χ0) is 20.5. The molecule has 0 spiro atoms. The van der Waals surface area contributed by atoms with Crippen molar-refractivity contribution in [2.75, 3.05) is 0 Å². The van der Waals surface area contributed by atoms with E-state index in [1.807, 2.05) is 18.2 Å². The zero-order valence-electron chi connectivity index (χ0n) is 15.4. The summed E-state index contributed by atoms with van der Waals surface area (Å²) < 4.78 is 5.30. The van der Waals surface area contributed by atoms with E-state index in [2.05, 4.69) is 15.3 Å². The fourth-order valence-electron chi connectivity index (χ4n) is 3.22. The Balaban J connectivity index is 1.45. The Bertz CT molecular complexity index is 1100. The van der Waals surface area contributed by atoms with Crippen molar-refractivity contribution in [3.05, 3.63) is 75.7 Å². The van der Waals surface area contributed by atoms with Crippen LogP contribution < -0.4 is 5.32 Å². The highest BCUT2D eigenvalue weighted by Crippen LogP contribution is 2.28. The number of amides is 1. The summed E-state index contributed by atoms with van der Waals surface area (Å²) in [6, 6.07) is 12.0. The van der Waals surface area contributed by atoms with E-state index < -0.39 is 18.1 Å². The molecule has 29 heavy (non-hydrogen) atoms. The predicted octanol–water partition coefficient (Wildman–Crippen LogP) is 4.34. The van der Waals surface area contributed by atoms with Crippen molar-refractivity contribution in [3.63, 3.8) is 0 Å². The lowest BCUT2D eigenvalue weighted by Gasteiger charge is -2.24. The molecule has 2 N–H and O–H groups in total. The van der Waals surface area contributed by atoms with Crippen LogP contribution in [0.5, 0.6) is 0 Å². The van der Waals surface area contributed by atoms with Gasteiger partial charge in [0.15, 0.2) is 6.10 Å². The number of hydrogen-bond acceptors (Lipinski definition) is 4. The van der Waals surface area contributed by atoms with Gasteiger partial charge in [0.2, 0.25) is 0 Å². The Hall–Kier alpha value is -2.83. The largest absolute Gasteiger partial charge is 0.448 e. The third kappa shape index (κ3) is 3.99. The maximum atomic E-state index is 12.6. The summed E-state index contributed by atoms with van der Waals surface area (Å²) in [6.45, 7) is 1.80. The van der Waals surface area contributed by atoms with Gasteiger partial charge >= 0.3 is 5.97 Å². The lowest BCUT2D eigenvalue weighted by molar-refractivity contribution is -0.131. The fraction of sp³-hybridized carbons (Fsp3) is 0.190. The molecule has 0 radical (unpaired) electrons. The molecular weight excluding hydrogens is 413 g/mol. The first-order valence-corrected chi connectivity index (χ1v) is 9.77. The van der Waals surface area contributed by atoms with Gasteiger partial charge in [-0.1, -0.05) is 47.5 Å². The monoisotopic (exact) mass is 429 g/mol. The molecule has 1 amide bonds. The van der Waals surface area contributed by atoms with Crippen LogP contribution in [0.1, 0.15) is 34.7 Å². The number of hydrogen-bond donors (Lipinski definition) is 2. The van der Waals surface area contributed by atoms with E-state index in [4.69, 9.17) is 27.9 Å². The molecule has 148 valence electrons. The second-order valence-corrected chi connectivity index (χ2v) is 7.61. The number of nitrogens with one attached hydrogen (secondary N) is 2. The number of ether oxygens (including phenoxy) is 1. The number of esters is 1. The fourth-order valence-corrected chi connectivity index (χ4v) is 3.52. The Kier molecular flexibility index (Phi) is 5.30. The molecule has 1 aliphatic heterocycles. The van der Waals surface area contributed by atoms with Crippen LogP contribution in [0.25, 0.3) is 11.3 Å². The van der Waals surface area contributed by atoms with E-state index in [-0.39, 0.29) is 5.91 Å². The first kappa shape index (κ1) is 19.5. The van der Waals surface area contributed by atoms with E-state index in [0.717, 1.165) is 16.8 Å². The minimum absolute atomic E-state index is 0.340. The first-order chi connectivity index (χ1) is 13.9. The maximum Gasteiger partial charge on any atom is 0.339 e. The lowest BCUT2D eigenvalue weighted by atomic mass is 9.98. The van der Waals surface area contributed by atoms with Gasteiger partial charge in [0, 0.05) is 12.0 Å². The van der Waals surface area contributed by atoms with Crippen molar-refractivity contribution >= 4 is 35.1 Å². The van der Waals surface area contributed by atoms with Crippen molar-refractivity contribution < 1.29 is 14.3 Å². The van der Waals surface area contributed by atoms with Gasteiger partial charge in [-0.25, -0.2) is 9.78 Å². The van der Waals surface area contributed by atoms with Crippen LogP contribution in [0.3, 0.4) is 0 Å². The molecule has 3 aromatic rings. The second kappa shape index (κ2) is 7.89. The standard InChI is InChI=1S/C21H17Cl2N3O3/c1-11(19-24-10-17(26-19)13-6-7-15(22)16(23)8-13)25-20(27)18-9-12-4-2-3-5-14(12)21(28)29-18/h2-8,10-11,18H,9H2,1H3,(H,24,26)(H,25,27)/t11-,18+/m0/s1. The number of cyclic esters (lactones) is 1. The average Bonchev–Trinajstić information content (AvgIpc) is 3.20. The third-order valence-corrected chi connectivity index (χ3v) is 5.52. The molecule has 0 aliphatic carbocycles. The van der Waals surface area contributed by atoms with Gasteiger partial charge in [0.1, 0.15) is 5.82 Å². The molecule has 0 saturated heterocycles. The molecule has 2 heterocycles. The number of benzene rings is 2. The van der Waals surface area contributed by atoms with E-state index in [0.29, 0.717) is 27.9 Å². The first-order valence-electron chi connectivity index (χ1n) is 9.02. The molecule has 2 atom stereocenters. The Labute approximate surface area is 177 Å². The van der Waals surface area contributed by atoms with Gasteiger partial charge in [-0.2, -0.15) is 0 Å². The summed E-state index contributed by atoms with van der Waals surface area (Å²) in [7, 11) is 0. The van der Waals surface area contributed by atoms with Crippen molar-refractivity contribution in [1.82, 2.24) is 15.3 Å². The molecule has 1 aliphatic rings. The average molecular weight is 430 g/mol. The molecule has 0 unspecified atom stereocenters. The molecule has 2 aromatic carbocycles. The number of nitrogens with zero attached hydrogens (tertiary/aromatic N) is 1. The number of carbonyl (C=O) groups is 2. The number of H-pyrrole nitrogens is 1. The number of fused-ring (bicyclic) bond motifs is 1. The van der Waals surface area contributed by atoms with Gasteiger partial charge in [-0.3, -0.25) is 4.79 Å². The highest BCUT2D eigenvalue weighted by molar-refractivity contribution is 6.42. The Morgan fingerprint density at radius 2 is 2.03 bits per heavy atom. The molecular formula is C21H17Cl2N3O3. The molecule has 6 nitrogen and oxygen atoms in total. The number of carbonyl (C=O) groups excluding carboxylic acids is 2. The number of imidazole rings is 1. The summed E-state index contributed by atoms with van der Waals surface area (Å²) in [5.41, 5.74) is 2.88. The van der Waals surface area contributed by atoms with Crippen molar-refractivity contribution in [1.29, 1.82) is 0 Å². The topological polar surface area (TPSA) is 84.1 Å². The van der Waals surface area contributed by atoms with Crippen LogP contribution in [-0.4, -0.2) is 27.9 Å². The smallest absolute Gasteiger partial charge is 0.339 e. The van der Waals surface area contributed by atoms with Gasteiger partial charge in [0.25, 0.3) is 5.91 Å². The van der Waals surface area contributed by atoms with E-state index in [9.17, 15) is 9.59 Å². The van der Waals surface area contributed by atoms with E-state index >= 15 is 0 Å². The minimum Gasteiger partial charge on any atom is -0.448 e. The third-order valence-electron chi connectivity index (χ3n) is 4.78. The van der Waals surface area contributed by atoms with E-state index in [1.54, 1.807) is 37.4 Å². The zero-order valence-corrected chi connectivity index (χ0v) is 16.9. The van der Waals surface area contributed by atoms with Crippen LogP contribution in [0.15, 0.2) is 48.7 Å². The summed E-state index contributed by atoms with van der Waals surface area (Å²) in [4.78, 5) is 32.3. The van der Waals surface area contributed by atoms with Gasteiger partial charge < -0.3 is 15.0 Å². The molecule has 4 rings (SSSR count). The van der Waals surface area contributed by atoms with Crippen molar-refractivity contribution in [2.45, 2.75) is 25.5 Å². The minimum atomic E-state index is -0.871. The van der Waals surface area contributed by atoms with Crippen LogP contribution in [-0.2, 0) is 16.0 Å². The van der Waals surface area contributed by atoms with Crippen LogP contribution in [0, 0.1) is 0 Å². The number of aromatic amines is 1.